The summed E-state index contributed by atoms with van der Waals surface area (Å²) in [7, 11) is 0.179. The molecule has 1 aromatic rings. The molecule has 0 amide bonds. The highest BCUT2D eigenvalue weighted by Gasteiger charge is 2.31. The number of benzene rings is 1. The Morgan fingerprint density at radius 3 is 2.43 bits per heavy atom. The van der Waals surface area contributed by atoms with E-state index in [-0.39, 0.29) is 12.2 Å². The van der Waals surface area contributed by atoms with Crippen LogP contribution in [0.2, 0.25) is 0 Å². The molecular formula is C12H17F3N2O3S. The van der Waals surface area contributed by atoms with Gasteiger partial charge in [0.05, 0.1) is 18.2 Å². The van der Waals surface area contributed by atoms with E-state index in [0.717, 1.165) is 16.4 Å². The maximum absolute atomic E-state index is 12.7. The lowest BCUT2D eigenvalue weighted by atomic mass is 10.0. The van der Waals surface area contributed by atoms with Gasteiger partial charge in [-0.3, -0.25) is 0 Å². The van der Waals surface area contributed by atoms with Crippen molar-refractivity contribution >= 4 is 10.2 Å². The molecule has 0 saturated heterocycles. The van der Waals surface area contributed by atoms with E-state index in [1.54, 1.807) is 0 Å². The summed E-state index contributed by atoms with van der Waals surface area (Å²) in [6.45, 7) is -0.0889. The van der Waals surface area contributed by atoms with Crippen molar-refractivity contribution in [2.45, 2.75) is 12.2 Å². The molecule has 0 bridgehead atoms. The molecule has 1 atom stereocenters. The SMILES string of the molecule is COC[C@@H](NS(=O)(=O)N(C)C)c1cccc(C(F)(F)F)c1. The van der Waals surface area contributed by atoms with Crippen LogP contribution in [0.4, 0.5) is 13.2 Å². The molecule has 0 radical (unpaired) electrons. The summed E-state index contributed by atoms with van der Waals surface area (Å²) in [4.78, 5) is 0. The summed E-state index contributed by atoms with van der Waals surface area (Å²) in [6, 6.07) is 3.56. The Balaban J connectivity index is 3.12. The lowest BCUT2D eigenvalue weighted by Crippen LogP contribution is -2.39. The van der Waals surface area contributed by atoms with Gasteiger partial charge in [0.25, 0.3) is 10.2 Å². The van der Waals surface area contributed by atoms with Crippen LogP contribution in [0.3, 0.4) is 0 Å². The van der Waals surface area contributed by atoms with Gasteiger partial charge in [0.1, 0.15) is 0 Å². The predicted octanol–water partition coefficient (Wildman–Crippen LogP) is 1.79. The van der Waals surface area contributed by atoms with E-state index < -0.39 is 28.0 Å². The summed E-state index contributed by atoms with van der Waals surface area (Å²) in [5.41, 5.74) is -0.665. The van der Waals surface area contributed by atoms with Gasteiger partial charge in [-0.1, -0.05) is 12.1 Å². The first-order valence-electron chi connectivity index (χ1n) is 5.94. The van der Waals surface area contributed by atoms with Gasteiger partial charge in [-0.05, 0) is 17.7 Å². The number of nitrogens with zero attached hydrogens (tertiary/aromatic N) is 1. The van der Waals surface area contributed by atoms with Crippen molar-refractivity contribution in [1.29, 1.82) is 0 Å². The number of halogens is 3. The Kier molecular flexibility index (Phi) is 5.74. The number of ether oxygens (including phenoxy) is 1. The minimum absolute atomic E-state index is 0.0889. The van der Waals surface area contributed by atoms with E-state index in [1.807, 2.05) is 0 Å². The first-order chi connectivity index (χ1) is 9.58. The molecule has 5 nitrogen and oxygen atoms in total. The number of alkyl halides is 3. The highest BCUT2D eigenvalue weighted by atomic mass is 32.2. The number of methoxy groups -OCH3 is 1. The quantitative estimate of drug-likeness (QED) is 0.867. The van der Waals surface area contributed by atoms with Crippen molar-refractivity contribution in [1.82, 2.24) is 9.03 Å². The summed E-state index contributed by atoms with van der Waals surface area (Å²) < 4.78 is 69.8. The molecule has 1 rings (SSSR count). The van der Waals surface area contributed by atoms with Crippen molar-refractivity contribution in [3.05, 3.63) is 35.4 Å². The van der Waals surface area contributed by atoms with Gasteiger partial charge in [-0.2, -0.15) is 30.6 Å². The molecule has 0 saturated carbocycles. The minimum Gasteiger partial charge on any atom is -0.383 e. The fraction of sp³-hybridized carbons (Fsp3) is 0.500. The molecule has 120 valence electrons. The van der Waals surface area contributed by atoms with Gasteiger partial charge in [0.2, 0.25) is 0 Å². The third-order valence-corrected chi connectivity index (χ3v) is 4.27. The Labute approximate surface area is 121 Å². The van der Waals surface area contributed by atoms with E-state index in [4.69, 9.17) is 4.74 Å². The molecule has 0 spiro atoms. The number of rotatable bonds is 6. The molecule has 0 heterocycles. The van der Waals surface area contributed by atoms with Crippen LogP contribution in [0.5, 0.6) is 0 Å². The van der Waals surface area contributed by atoms with Crippen molar-refractivity contribution in [2.24, 2.45) is 0 Å². The normalized spacial score (nSPS) is 14.4. The summed E-state index contributed by atoms with van der Waals surface area (Å²) in [5, 5.41) is 0. The van der Waals surface area contributed by atoms with Crippen LogP contribution in [0.1, 0.15) is 17.2 Å². The molecule has 1 N–H and O–H groups in total. The van der Waals surface area contributed by atoms with E-state index in [1.165, 1.54) is 33.3 Å². The van der Waals surface area contributed by atoms with Gasteiger partial charge in [0, 0.05) is 21.2 Å². The first-order valence-corrected chi connectivity index (χ1v) is 7.38. The van der Waals surface area contributed by atoms with Crippen LogP contribution < -0.4 is 4.72 Å². The second kappa shape index (κ2) is 6.73. The lowest BCUT2D eigenvalue weighted by molar-refractivity contribution is -0.137. The summed E-state index contributed by atoms with van der Waals surface area (Å²) >= 11 is 0. The maximum atomic E-state index is 12.7. The highest BCUT2D eigenvalue weighted by Crippen LogP contribution is 2.31. The van der Waals surface area contributed by atoms with Gasteiger partial charge >= 0.3 is 6.18 Å². The monoisotopic (exact) mass is 326 g/mol. The van der Waals surface area contributed by atoms with Crippen molar-refractivity contribution < 1.29 is 26.3 Å². The van der Waals surface area contributed by atoms with Gasteiger partial charge in [-0.15, -0.1) is 0 Å². The molecule has 0 aliphatic rings. The van der Waals surface area contributed by atoms with Gasteiger partial charge in [-0.25, -0.2) is 0 Å². The highest BCUT2D eigenvalue weighted by molar-refractivity contribution is 7.87. The maximum Gasteiger partial charge on any atom is 0.416 e. The molecule has 0 aromatic heterocycles. The fourth-order valence-electron chi connectivity index (χ4n) is 1.58. The topological polar surface area (TPSA) is 58.6 Å². The molecule has 1 aromatic carbocycles. The zero-order chi connectivity index (χ0) is 16.3. The number of hydrogen-bond acceptors (Lipinski definition) is 3. The summed E-state index contributed by atoms with van der Waals surface area (Å²) in [5.74, 6) is 0. The van der Waals surface area contributed by atoms with Crippen LogP contribution in [-0.2, 0) is 21.1 Å². The molecule has 0 aliphatic carbocycles. The van der Waals surface area contributed by atoms with Crippen LogP contribution >= 0.6 is 0 Å². The average molecular weight is 326 g/mol. The largest absolute Gasteiger partial charge is 0.416 e. The van der Waals surface area contributed by atoms with Gasteiger partial charge in [0.15, 0.2) is 0 Å². The van der Waals surface area contributed by atoms with Crippen LogP contribution in [0.15, 0.2) is 24.3 Å². The standard InChI is InChI=1S/C12H17F3N2O3S/c1-17(2)21(18,19)16-11(8-20-3)9-5-4-6-10(7-9)12(13,14)15/h4-7,11,16H,8H2,1-3H3/t11-/m1/s1. The first kappa shape index (κ1) is 17.9. The lowest BCUT2D eigenvalue weighted by Gasteiger charge is -2.21. The molecule has 0 unspecified atom stereocenters. The zero-order valence-corrected chi connectivity index (χ0v) is 12.6. The zero-order valence-electron chi connectivity index (χ0n) is 11.8. The molecular weight excluding hydrogens is 309 g/mol. The Morgan fingerprint density at radius 1 is 1.33 bits per heavy atom. The number of hydrogen-bond donors (Lipinski definition) is 1. The van der Waals surface area contributed by atoms with E-state index in [9.17, 15) is 21.6 Å². The third-order valence-electron chi connectivity index (χ3n) is 2.72. The van der Waals surface area contributed by atoms with Crippen molar-refractivity contribution in [3.63, 3.8) is 0 Å². The summed E-state index contributed by atoms with van der Waals surface area (Å²) in [6.07, 6.45) is -4.49. The molecule has 0 fully saturated rings. The van der Waals surface area contributed by atoms with E-state index in [0.29, 0.717) is 0 Å². The van der Waals surface area contributed by atoms with Crippen molar-refractivity contribution in [2.75, 3.05) is 27.8 Å². The average Bonchev–Trinajstić information content (AvgIpc) is 2.37. The second-order valence-electron chi connectivity index (χ2n) is 4.54. The Bertz CT molecular complexity index is 573. The smallest absolute Gasteiger partial charge is 0.383 e. The second-order valence-corrected chi connectivity index (χ2v) is 6.45. The number of nitrogens with one attached hydrogen (secondary N) is 1. The Hall–Kier alpha value is -1.16. The van der Waals surface area contributed by atoms with E-state index in [2.05, 4.69) is 4.72 Å². The molecule has 21 heavy (non-hydrogen) atoms. The van der Waals surface area contributed by atoms with Crippen LogP contribution in [0.25, 0.3) is 0 Å². The molecule has 9 heteroatoms. The fourth-order valence-corrected chi connectivity index (χ4v) is 2.36. The molecule has 0 aliphatic heterocycles. The van der Waals surface area contributed by atoms with Gasteiger partial charge < -0.3 is 4.74 Å². The third kappa shape index (κ3) is 4.95. The minimum atomic E-state index is -4.49. The predicted molar refractivity (Wildman–Crippen MR) is 71.8 cm³/mol. The van der Waals surface area contributed by atoms with Crippen molar-refractivity contribution in [3.8, 4) is 0 Å². The van der Waals surface area contributed by atoms with Crippen LogP contribution in [-0.4, -0.2) is 40.5 Å². The van der Waals surface area contributed by atoms with Crippen LogP contribution in [0, 0.1) is 0 Å². The Morgan fingerprint density at radius 2 is 1.95 bits per heavy atom. The van der Waals surface area contributed by atoms with E-state index >= 15 is 0 Å².